The van der Waals surface area contributed by atoms with Gasteiger partial charge in [-0.05, 0) is 13.3 Å². The highest BCUT2D eigenvalue weighted by Crippen LogP contribution is 2.39. The number of methoxy groups -OCH3 is 1. The molecule has 19 heavy (non-hydrogen) atoms. The molecule has 1 aliphatic heterocycles. The fourth-order valence-corrected chi connectivity index (χ4v) is 2.23. The Morgan fingerprint density at radius 3 is 2.68 bits per heavy atom. The molecule has 5 nitrogen and oxygen atoms in total. The second-order valence-corrected chi connectivity index (χ2v) is 5.23. The second-order valence-electron chi connectivity index (χ2n) is 5.23. The molecular weight excluding hydrogens is 246 g/mol. The van der Waals surface area contributed by atoms with E-state index in [1.807, 2.05) is 0 Å². The van der Waals surface area contributed by atoms with Gasteiger partial charge in [0.15, 0.2) is 0 Å². The second kappa shape index (κ2) is 6.59. The Morgan fingerprint density at radius 1 is 1.42 bits per heavy atom. The Morgan fingerprint density at radius 2 is 2.11 bits per heavy atom. The molecule has 5 heteroatoms. The molecule has 0 radical (unpaired) electrons. The van der Waals surface area contributed by atoms with Gasteiger partial charge in [-0.2, -0.15) is 0 Å². The van der Waals surface area contributed by atoms with Gasteiger partial charge >= 0.3 is 11.9 Å². The zero-order chi connectivity index (χ0) is 14.5. The molecule has 1 aliphatic rings. The summed E-state index contributed by atoms with van der Waals surface area (Å²) in [6, 6.07) is 0. The number of rotatable bonds is 5. The van der Waals surface area contributed by atoms with Gasteiger partial charge in [0, 0.05) is 30.3 Å². The van der Waals surface area contributed by atoms with Crippen molar-refractivity contribution in [2.24, 2.45) is 5.41 Å². The molecule has 108 valence electrons. The number of allylic oxidation sites excluding steroid dienone is 1. The molecular formula is C14H23NO4. The number of ether oxygens (including phenoxy) is 2. The van der Waals surface area contributed by atoms with E-state index < -0.39 is 0 Å². The lowest BCUT2D eigenvalue weighted by Crippen LogP contribution is -2.25. The normalized spacial score (nSPS) is 19.6. The van der Waals surface area contributed by atoms with Crippen LogP contribution < -0.4 is 0 Å². The van der Waals surface area contributed by atoms with E-state index in [1.165, 1.54) is 7.11 Å². The van der Waals surface area contributed by atoms with Gasteiger partial charge in [0.25, 0.3) is 0 Å². The van der Waals surface area contributed by atoms with Crippen LogP contribution in [0.15, 0.2) is 11.8 Å². The molecule has 0 bridgehead atoms. The monoisotopic (exact) mass is 269 g/mol. The van der Waals surface area contributed by atoms with Crippen LogP contribution >= 0.6 is 0 Å². The first kappa shape index (κ1) is 15.5. The van der Waals surface area contributed by atoms with E-state index in [0.717, 1.165) is 18.7 Å². The molecule has 0 amide bonds. The lowest BCUT2D eigenvalue weighted by atomic mass is 9.89. The molecule has 1 rings (SSSR count). The van der Waals surface area contributed by atoms with Crippen LogP contribution in [0, 0.1) is 5.41 Å². The van der Waals surface area contributed by atoms with Crippen molar-refractivity contribution in [1.82, 2.24) is 4.90 Å². The van der Waals surface area contributed by atoms with Crippen LogP contribution in [0.4, 0.5) is 0 Å². The summed E-state index contributed by atoms with van der Waals surface area (Å²) in [5, 5.41) is 0. The molecule has 0 aromatic rings. The van der Waals surface area contributed by atoms with E-state index in [-0.39, 0.29) is 17.4 Å². The Balaban J connectivity index is 2.75. The van der Waals surface area contributed by atoms with Gasteiger partial charge in [0.2, 0.25) is 0 Å². The fraction of sp³-hybridized carbons (Fsp3) is 0.714. The number of nitrogens with zero attached hydrogens (tertiary/aromatic N) is 1. The van der Waals surface area contributed by atoms with Crippen LogP contribution in [-0.4, -0.2) is 43.6 Å². The topological polar surface area (TPSA) is 55.8 Å². The third-order valence-corrected chi connectivity index (χ3v) is 3.40. The Bertz CT molecular complexity index is 374. The molecule has 0 N–H and O–H groups in total. The summed E-state index contributed by atoms with van der Waals surface area (Å²) in [7, 11) is 1.38. The van der Waals surface area contributed by atoms with Gasteiger partial charge in [-0.3, -0.25) is 4.79 Å². The van der Waals surface area contributed by atoms with Crippen molar-refractivity contribution in [2.75, 3.05) is 26.8 Å². The lowest BCUT2D eigenvalue weighted by Gasteiger charge is -2.25. The number of hydrogen-bond acceptors (Lipinski definition) is 5. The molecule has 0 aromatic heterocycles. The molecule has 1 saturated heterocycles. The van der Waals surface area contributed by atoms with E-state index in [1.54, 1.807) is 13.0 Å². The van der Waals surface area contributed by atoms with Gasteiger partial charge in [0.05, 0.1) is 20.1 Å². The standard InChI is InChI=1S/C14H23NO4/c1-5-19-13(17)10-11-14(2,3)7-9-15(11)8-6-12(16)18-4/h10H,5-9H2,1-4H3/b11-10-. The number of esters is 2. The highest BCUT2D eigenvalue weighted by Gasteiger charge is 2.35. The van der Waals surface area contributed by atoms with E-state index in [0.29, 0.717) is 19.6 Å². The summed E-state index contributed by atoms with van der Waals surface area (Å²) in [6.07, 6.45) is 2.83. The van der Waals surface area contributed by atoms with E-state index >= 15 is 0 Å². The van der Waals surface area contributed by atoms with Crippen LogP contribution in [0.1, 0.15) is 33.6 Å². The SMILES string of the molecule is CCOC(=O)/C=C1\N(CCC(=O)OC)CCC1(C)C. The molecule has 0 spiro atoms. The molecule has 0 saturated carbocycles. The number of carbonyl (C=O) groups is 2. The van der Waals surface area contributed by atoms with Gasteiger partial charge in [-0.1, -0.05) is 13.8 Å². The first-order valence-electron chi connectivity index (χ1n) is 6.61. The number of likely N-dealkylation sites (tertiary alicyclic amines) is 1. The summed E-state index contributed by atoms with van der Waals surface area (Å²) in [5.74, 6) is -0.560. The smallest absolute Gasteiger partial charge is 0.332 e. The van der Waals surface area contributed by atoms with Crippen molar-refractivity contribution >= 4 is 11.9 Å². The van der Waals surface area contributed by atoms with Crippen molar-refractivity contribution < 1.29 is 19.1 Å². The summed E-state index contributed by atoms with van der Waals surface area (Å²) >= 11 is 0. The zero-order valence-corrected chi connectivity index (χ0v) is 12.2. The van der Waals surface area contributed by atoms with Gasteiger partial charge < -0.3 is 14.4 Å². The maximum atomic E-state index is 11.6. The minimum atomic E-state index is -0.324. The Kier molecular flexibility index (Phi) is 5.39. The van der Waals surface area contributed by atoms with Gasteiger partial charge in [-0.15, -0.1) is 0 Å². The van der Waals surface area contributed by atoms with Crippen LogP contribution in [0.25, 0.3) is 0 Å². The minimum absolute atomic E-state index is 0.0666. The molecule has 0 unspecified atom stereocenters. The molecule has 0 atom stereocenters. The summed E-state index contributed by atoms with van der Waals surface area (Å²) < 4.78 is 9.60. The average molecular weight is 269 g/mol. The summed E-state index contributed by atoms with van der Waals surface area (Å²) in [5.41, 5.74) is 0.873. The lowest BCUT2D eigenvalue weighted by molar-refractivity contribution is -0.140. The molecule has 0 aliphatic carbocycles. The number of hydrogen-bond donors (Lipinski definition) is 0. The maximum absolute atomic E-state index is 11.6. The van der Waals surface area contributed by atoms with Gasteiger partial charge in [0.1, 0.15) is 0 Å². The number of carbonyl (C=O) groups excluding carboxylic acids is 2. The minimum Gasteiger partial charge on any atom is -0.469 e. The van der Waals surface area contributed by atoms with E-state index in [4.69, 9.17) is 4.74 Å². The predicted molar refractivity (Wildman–Crippen MR) is 71.3 cm³/mol. The largest absolute Gasteiger partial charge is 0.469 e. The third-order valence-electron chi connectivity index (χ3n) is 3.40. The van der Waals surface area contributed by atoms with Crippen LogP contribution in [0.5, 0.6) is 0 Å². The Hall–Kier alpha value is -1.52. The predicted octanol–water partition coefficient (Wildman–Crippen LogP) is 1.73. The average Bonchev–Trinajstić information content (AvgIpc) is 2.63. The van der Waals surface area contributed by atoms with Crippen molar-refractivity contribution in [3.8, 4) is 0 Å². The van der Waals surface area contributed by atoms with Crippen LogP contribution in [0.3, 0.4) is 0 Å². The van der Waals surface area contributed by atoms with Crippen LogP contribution in [0.2, 0.25) is 0 Å². The Labute approximate surface area is 114 Å². The molecule has 0 aromatic carbocycles. The van der Waals surface area contributed by atoms with E-state index in [2.05, 4.69) is 23.5 Å². The highest BCUT2D eigenvalue weighted by molar-refractivity contribution is 5.83. The van der Waals surface area contributed by atoms with Crippen LogP contribution in [-0.2, 0) is 19.1 Å². The molecule has 1 fully saturated rings. The third kappa shape index (κ3) is 4.26. The molecule has 1 heterocycles. The first-order chi connectivity index (χ1) is 8.90. The van der Waals surface area contributed by atoms with Crippen molar-refractivity contribution in [1.29, 1.82) is 0 Å². The van der Waals surface area contributed by atoms with Crippen molar-refractivity contribution in [3.63, 3.8) is 0 Å². The summed E-state index contributed by atoms with van der Waals surface area (Å²) in [4.78, 5) is 24.9. The van der Waals surface area contributed by atoms with Crippen molar-refractivity contribution in [2.45, 2.75) is 33.6 Å². The summed E-state index contributed by atoms with van der Waals surface area (Å²) in [6.45, 7) is 7.75. The fourth-order valence-electron chi connectivity index (χ4n) is 2.23. The van der Waals surface area contributed by atoms with Crippen molar-refractivity contribution in [3.05, 3.63) is 11.8 Å². The first-order valence-corrected chi connectivity index (χ1v) is 6.61. The van der Waals surface area contributed by atoms with Gasteiger partial charge in [-0.25, -0.2) is 4.79 Å². The maximum Gasteiger partial charge on any atom is 0.332 e. The van der Waals surface area contributed by atoms with E-state index in [9.17, 15) is 9.59 Å². The zero-order valence-electron chi connectivity index (χ0n) is 12.2. The highest BCUT2D eigenvalue weighted by atomic mass is 16.5. The quantitative estimate of drug-likeness (QED) is 0.562.